The third-order valence-electron chi connectivity index (χ3n) is 5.38. The molecule has 140 valence electrons. The molecule has 2 fully saturated rings. The molecule has 1 aliphatic heterocycles. The van der Waals surface area contributed by atoms with Crippen molar-refractivity contribution in [1.29, 1.82) is 0 Å². The minimum atomic E-state index is 0.287. The lowest BCUT2D eigenvalue weighted by molar-refractivity contribution is -0.0545. The Hall–Kier alpha value is -1.32. The summed E-state index contributed by atoms with van der Waals surface area (Å²) in [6.45, 7) is 4.73. The van der Waals surface area contributed by atoms with Crippen molar-refractivity contribution < 1.29 is 9.47 Å². The number of allylic oxidation sites excluding steroid dienone is 1. The van der Waals surface area contributed by atoms with Gasteiger partial charge in [0.2, 0.25) is 0 Å². The van der Waals surface area contributed by atoms with Crippen LogP contribution in [0.5, 0.6) is 0 Å². The minimum absolute atomic E-state index is 0.287. The molecule has 3 heteroatoms. The predicted molar refractivity (Wildman–Crippen MR) is 106 cm³/mol. The van der Waals surface area contributed by atoms with Crippen LogP contribution in [0, 0.1) is 5.92 Å². The van der Waals surface area contributed by atoms with E-state index in [1.165, 1.54) is 31.2 Å². The average molecular weight is 346 g/mol. The molecule has 2 unspecified atom stereocenters. The van der Waals surface area contributed by atoms with E-state index in [9.17, 15) is 0 Å². The Labute approximate surface area is 153 Å². The van der Waals surface area contributed by atoms with Gasteiger partial charge in [-0.2, -0.15) is 0 Å². The molecule has 2 atom stereocenters. The van der Waals surface area contributed by atoms with Gasteiger partial charge in [-0.05, 0) is 68.1 Å². The Bertz CT molecular complexity index is 495. The van der Waals surface area contributed by atoms with Crippen LogP contribution >= 0.6 is 0 Å². The summed E-state index contributed by atoms with van der Waals surface area (Å²) in [5, 5.41) is 0. The summed E-state index contributed by atoms with van der Waals surface area (Å²) in [7, 11) is 1.77. The van der Waals surface area contributed by atoms with Gasteiger partial charge in [0.05, 0.1) is 18.8 Å². The Morgan fingerprint density at radius 1 is 0.960 bits per heavy atom. The highest BCUT2D eigenvalue weighted by Gasteiger charge is 2.22. The van der Waals surface area contributed by atoms with Crippen LogP contribution < -0.4 is 5.73 Å². The first-order valence-electron chi connectivity index (χ1n) is 9.92. The number of ether oxygens (including phenoxy) is 2. The molecular weight excluding hydrogens is 310 g/mol. The Morgan fingerprint density at radius 3 is 2.20 bits per heavy atom. The van der Waals surface area contributed by atoms with Gasteiger partial charge in [0.15, 0.2) is 0 Å². The summed E-state index contributed by atoms with van der Waals surface area (Å²) in [5.74, 6) is 1.41. The van der Waals surface area contributed by atoms with Crippen LogP contribution in [0.2, 0.25) is 0 Å². The molecule has 1 aromatic carbocycles. The summed E-state index contributed by atoms with van der Waals surface area (Å²) >= 11 is 0. The number of benzene rings is 1. The zero-order chi connectivity index (χ0) is 18.1. The van der Waals surface area contributed by atoms with E-state index in [2.05, 4.69) is 24.3 Å². The lowest BCUT2D eigenvalue weighted by Crippen LogP contribution is -2.29. The van der Waals surface area contributed by atoms with Crippen molar-refractivity contribution in [3.05, 3.63) is 42.0 Å². The van der Waals surface area contributed by atoms with E-state index in [-0.39, 0.29) is 12.2 Å². The zero-order valence-electron chi connectivity index (χ0n) is 16.1. The van der Waals surface area contributed by atoms with Crippen LogP contribution in [0.25, 0.3) is 0 Å². The first kappa shape index (κ1) is 20.0. The van der Waals surface area contributed by atoms with E-state index >= 15 is 0 Å². The highest BCUT2D eigenvalue weighted by molar-refractivity contribution is 5.40. The van der Waals surface area contributed by atoms with Crippen LogP contribution in [-0.2, 0) is 9.47 Å². The van der Waals surface area contributed by atoms with Crippen LogP contribution in [0.4, 0.5) is 5.69 Å². The molecule has 0 radical (unpaired) electrons. The molecule has 25 heavy (non-hydrogen) atoms. The second kappa shape index (κ2) is 10.6. The fraction of sp³-hybridized carbons (Fsp3) is 0.636. The number of methoxy groups -OCH3 is 1. The maximum Gasteiger partial charge on any atom is 0.0806 e. The number of nitrogens with two attached hydrogens (primary N) is 1. The fourth-order valence-electron chi connectivity index (χ4n) is 3.78. The molecule has 0 amide bonds. The molecule has 2 aliphatic rings. The van der Waals surface area contributed by atoms with Gasteiger partial charge in [-0.25, -0.2) is 0 Å². The molecule has 3 nitrogen and oxygen atoms in total. The molecule has 0 bridgehead atoms. The van der Waals surface area contributed by atoms with E-state index in [0.717, 1.165) is 25.1 Å². The van der Waals surface area contributed by atoms with Crippen LogP contribution in [-0.4, -0.2) is 25.9 Å². The molecule has 1 aromatic rings. The summed E-state index contributed by atoms with van der Waals surface area (Å²) in [6, 6.07) is 8.43. The van der Waals surface area contributed by atoms with Gasteiger partial charge in [0.1, 0.15) is 0 Å². The Balaban J connectivity index is 0.00000109. The fourth-order valence-corrected chi connectivity index (χ4v) is 3.78. The van der Waals surface area contributed by atoms with Crippen molar-refractivity contribution >= 4 is 5.69 Å². The maximum absolute atomic E-state index is 5.85. The van der Waals surface area contributed by atoms with Crippen molar-refractivity contribution in [2.45, 2.75) is 70.5 Å². The number of anilines is 1. The first-order chi connectivity index (χ1) is 12.2. The van der Waals surface area contributed by atoms with Gasteiger partial charge >= 0.3 is 0 Å². The second-order valence-electron chi connectivity index (χ2n) is 6.97. The predicted octanol–water partition coefficient (Wildman–Crippen LogP) is 5.32. The summed E-state index contributed by atoms with van der Waals surface area (Å²) < 4.78 is 11.2. The van der Waals surface area contributed by atoms with Gasteiger partial charge in [-0.1, -0.05) is 38.1 Å². The highest BCUT2D eigenvalue weighted by atomic mass is 16.5. The van der Waals surface area contributed by atoms with E-state index < -0.39 is 0 Å². The third kappa shape index (κ3) is 6.16. The lowest BCUT2D eigenvalue weighted by atomic mass is 9.78. The van der Waals surface area contributed by atoms with Gasteiger partial charge in [0.25, 0.3) is 0 Å². The molecule has 1 heterocycles. The number of hydrogen-bond donors (Lipinski definition) is 1. The van der Waals surface area contributed by atoms with Crippen LogP contribution in [0.1, 0.15) is 63.9 Å². The van der Waals surface area contributed by atoms with Gasteiger partial charge in [0, 0.05) is 12.8 Å². The van der Waals surface area contributed by atoms with Crippen molar-refractivity contribution in [3.63, 3.8) is 0 Å². The lowest BCUT2D eigenvalue weighted by Gasteiger charge is -2.29. The SMILES string of the molecule is CC.COC1CCC(/C=C/C2CCC(c3ccc(N)cc3)CC2)OC1. The topological polar surface area (TPSA) is 44.5 Å². The third-order valence-corrected chi connectivity index (χ3v) is 5.38. The van der Waals surface area contributed by atoms with Crippen molar-refractivity contribution in [1.82, 2.24) is 0 Å². The molecule has 1 saturated heterocycles. The Kier molecular flexibility index (Phi) is 8.50. The van der Waals surface area contributed by atoms with Gasteiger partial charge < -0.3 is 15.2 Å². The largest absolute Gasteiger partial charge is 0.399 e. The normalized spacial score (nSPS) is 29.9. The number of rotatable bonds is 4. The summed E-state index contributed by atoms with van der Waals surface area (Å²) in [6.07, 6.45) is 12.6. The van der Waals surface area contributed by atoms with Crippen molar-refractivity contribution in [2.24, 2.45) is 5.92 Å². The monoisotopic (exact) mass is 345 g/mol. The molecule has 0 spiro atoms. The molecule has 1 aliphatic carbocycles. The minimum Gasteiger partial charge on any atom is -0.399 e. The van der Waals surface area contributed by atoms with Gasteiger partial charge in [-0.15, -0.1) is 0 Å². The number of nitrogen functional groups attached to an aromatic ring is 1. The average Bonchev–Trinajstić information content (AvgIpc) is 2.69. The van der Waals surface area contributed by atoms with Crippen LogP contribution in [0.15, 0.2) is 36.4 Å². The second-order valence-corrected chi connectivity index (χ2v) is 6.97. The van der Waals surface area contributed by atoms with E-state index in [1.54, 1.807) is 7.11 Å². The first-order valence-corrected chi connectivity index (χ1v) is 9.92. The highest BCUT2D eigenvalue weighted by Crippen LogP contribution is 2.36. The molecular formula is C22H35NO2. The van der Waals surface area contributed by atoms with E-state index in [1.807, 2.05) is 26.0 Å². The summed E-state index contributed by atoms with van der Waals surface area (Å²) in [4.78, 5) is 0. The maximum atomic E-state index is 5.85. The Morgan fingerprint density at radius 2 is 1.64 bits per heavy atom. The summed E-state index contributed by atoms with van der Waals surface area (Å²) in [5.41, 5.74) is 8.08. The molecule has 1 saturated carbocycles. The van der Waals surface area contributed by atoms with Crippen LogP contribution in [0.3, 0.4) is 0 Å². The molecule has 0 aromatic heterocycles. The molecule has 2 N–H and O–H groups in total. The van der Waals surface area contributed by atoms with Gasteiger partial charge in [-0.3, -0.25) is 0 Å². The zero-order valence-corrected chi connectivity index (χ0v) is 16.1. The van der Waals surface area contributed by atoms with Crippen molar-refractivity contribution in [3.8, 4) is 0 Å². The smallest absolute Gasteiger partial charge is 0.0806 e. The van der Waals surface area contributed by atoms with Crippen molar-refractivity contribution in [2.75, 3.05) is 19.5 Å². The number of hydrogen-bond acceptors (Lipinski definition) is 3. The standard InChI is InChI=1S/C20H29NO2.C2H6/c1-22-20-13-12-19(23-14-20)11-4-15-2-5-16(6-3-15)17-7-9-18(21)10-8-17;1-2/h4,7-11,15-16,19-20H,2-3,5-6,12-14,21H2,1H3;1-2H3/b11-4+;. The van der Waals surface area contributed by atoms with E-state index in [4.69, 9.17) is 15.2 Å². The molecule has 3 rings (SSSR count). The quantitative estimate of drug-likeness (QED) is 0.593. The van der Waals surface area contributed by atoms with E-state index in [0.29, 0.717) is 11.8 Å².